The summed E-state index contributed by atoms with van der Waals surface area (Å²) in [7, 11) is 3.37. The number of nitrogens with two attached hydrogens (primary N) is 1. The van der Waals surface area contributed by atoms with Crippen molar-refractivity contribution in [1.29, 1.82) is 0 Å². The number of quaternary nitrogens is 1. The molecule has 112 valence electrons. The third-order valence-corrected chi connectivity index (χ3v) is 4.53. The van der Waals surface area contributed by atoms with Gasteiger partial charge in [0.15, 0.2) is 11.5 Å². The molecule has 1 saturated carbocycles. The SMILES string of the molecule is COc1ccc(CC[NH2+][C@@H]2CCCC[C@@H]2C)cc1OC. The van der Waals surface area contributed by atoms with E-state index in [1.165, 1.54) is 31.2 Å². The maximum absolute atomic E-state index is 5.36. The lowest BCUT2D eigenvalue weighted by molar-refractivity contribution is -0.697. The fourth-order valence-electron chi connectivity index (χ4n) is 3.20. The van der Waals surface area contributed by atoms with Crippen LogP contribution in [-0.2, 0) is 6.42 Å². The van der Waals surface area contributed by atoms with Gasteiger partial charge in [0.1, 0.15) is 0 Å². The van der Waals surface area contributed by atoms with Gasteiger partial charge in [-0.1, -0.05) is 19.4 Å². The fraction of sp³-hybridized carbons (Fsp3) is 0.647. The summed E-state index contributed by atoms with van der Waals surface area (Å²) in [4.78, 5) is 0. The van der Waals surface area contributed by atoms with Crippen LogP contribution in [0.4, 0.5) is 0 Å². The van der Waals surface area contributed by atoms with Crippen LogP contribution in [0.25, 0.3) is 0 Å². The second-order valence-electron chi connectivity index (χ2n) is 5.89. The van der Waals surface area contributed by atoms with Gasteiger partial charge in [-0.3, -0.25) is 0 Å². The summed E-state index contributed by atoms with van der Waals surface area (Å²) in [5, 5.41) is 2.54. The Kier molecular flexibility index (Phi) is 5.72. The molecule has 3 heteroatoms. The molecule has 1 aliphatic carbocycles. The first-order chi connectivity index (χ1) is 9.74. The molecule has 0 spiro atoms. The standard InChI is InChI=1S/C17H27NO2/c1-13-6-4-5-7-15(13)18-11-10-14-8-9-16(19-2)17(12-14)20-3/h8-9,12-13,15,18H,4-7,10-11H2,1-3H3/p+1/t13-,15+/m0/s1. The normalized spacial score (nSPS) is 22.6. The highest BCUT2D eigenvalue weighted by Gasteiger charge is 2.23. The first kappa shape index (κ1) is 15.2. The summed E-state index contributed by atoms with van der Waals surface area (Å²) in [5.41, 5.74) is 1.32. The quantitative estimate of drug-likeness (QED) is 0.867. The van der Waals surface area contributed by atoms with Gasteiger partial charge in [-0.05, 0) is 37.0 Å². The smallest absolute Gasteiger partial charge is 0.160 e. The Morgan fingerprint density at radius 1 is 1.10 bits per heavy atom. The molecule has 0 unspecified atom stereocenters. The van der Waals surface area contributed by atoms with Gasteiger partial charge in [-0.2, -0.15) is 0 Å². The zero-order chi connectivity index (χ0) is 14.4. The molecule has 3 nitrogen and oxygen atoms in total. The van der Waals surface area contributed by atoms with Crippen LogP contribution in [0.5, 0.6) is 11.5 Å². The van der Waals surface area contributed by atoms with Crippen molar-refractivity contribution in [1.82, 2.24) is 0 Å². The molecule has 2 N–H and O–H groups in total. The number of hydrogen-bond acceptors (Lipinski definition) is 2. The molecular formula is C17H28NO2+. The number of ether oxygens (including phenoxy) is 2. The van der Waals surface area contributed by atoms with E-state index in [2.05, 4.69) is 24.4 Å². The second kappa shape index (κ2) is 7.53. The van der Waals surface area contributed by atoms with Gasteiger partial charge in [0, 0.05) is 12.3 Å². The van der Waals surface area contributed by atoms with Crippen LogP contribution in [0.3, 0.4) is 0 Å². The molecule has 0 radical (unpaired) electrons. The number of hydrogen-bond donors (Lipinski definition) is 1. The summed E-state index contributed by atoms with van der Waals surface area (Å²) in [6.45, 7) is 3.56. The van der Waals surface area contributed by atoms with E-state index in [-0.39, 0.29) is 0 Å². The molecule has 1 aromatic carbocycles. The van der Waals surface area contributed by atoms with Crippen LogP contribution in [-0.4, -0.2) is 26.8 Å². The van der Waals surface area contributed by atoms with Crippen LogP contribution in [0.15, 0.2) is 18.2 Å². The topological polar surface area (TPSA) is 35.1 Å². The molecule has 2 atom stereocenters. The van der Waals surface area contributed by atoms with Crippen molar-refractivity contribution in [3.05, 3.63) is 23.8 Å². The van der Waals surface area contributed by atoms with Gasteiger partial charge >= 0.3 is 0 Å². The van der Waals surface area contributed by atoms with Crippen molar-refractivity contribution in [3.8, 4) is 11.5 Å². The molecule has 20 heavy (non-hydrogen) atoms. The van der Waals surface area contributed by atoms with Crippen molar-refractivity contribution < 1.29 is 14.8 Å². The van der Waals surface area contributed by atoms with Gasteiger partial charge in [-0.25, -0.2) is 0 Å². The van der Waals surface area contributed by atoms with Gasteiger partial charge in [-0.15, -0.1) is 0 Å². The second-order valence-corrected chi connectivity index (χ2v) is 5.89. The molecule has 2 rings (SSSR count). The minimum atomic E-state index is 0.807. The maximum Gasteiger partial charge on any atom is 0.160 e. The predicted octanol–water partition coefficient (Wildman–Crippen LogP) is 2.39. The minimum absolute atomic E-state index is 0.807. The molecule has 0 amide bonds. The van der Waals surface area contributed by atoms with Gasteiger partial charge in [0.25, 0.3) is 0 Å². The van der Waals surface area contributed by atoms with Crippen LogP contribution in [0.2, 0.25) is 0 Å². The van der Waals surface area contributed by atoms with E-state index < -0.39 is 0 Å². The zero-order valence-corrected chi connectivity index (χ0v) is 13.0. The van der Waals surface area contributed by atoms with Gasteiger partial charge < -0.3 is 14.8 Å². The van der Waals surface area contributed by atoms with E-state index in [1.54, 1.807) is 14.2 Å². The zero-order valence-electron chi connectivity index (χ0n) is 13.0. The lowest BCUT2D eigenvalue weighted by atomic mass is 9.86. The summed E-state index contributed by atoms with van der Waals surface area (Å²) < 4.78 is 10.6. The van der Waals surface area contributed by atoms with Crippen molar-refractivity contribution in [2.75, 3.05) is 20.8 Å². The largest absolute Gasteiger partial charge is 0.493 e. The van der Waals surface area contributed by atoms with E-state index in [4.69, 9.17) is 9.47 Å². The Labute approximate surface area is 122 Å². The molecular weight excluding hydrogens is 250 g/mol. The average molecular weight is 278 g/mol. The third kappa shape index (κ3) is 3.89. The van der Waals surface area contributed by atoms with E-state index in [0.29, 0.717) is 0 Å². The first-order valence-electron chi connectivity index (χ1n) is 7.79. The predicted molar refractivity (Wildman–Crippen MR) is 81.5 cm³/mol. The molecule has 0 saturated heterocycles. The highest BCUT2D eigenvalue weighted by Crippen LogP contribution is 2.27. The molecule has 0 aromatic heterocycles. The van der Waals surface area contributed by atoms with E-state index >= 15 is 0 Å². The molecule has 1 aliphatic rings. The molecule has 1 aromatic rings. The maximum atomic E-state index is 5.36. The highest BCUT2D eigenvalue weighted by atomic mass is 16.5. The lowest BCUT2D eigenvalue weighted by Crippen LogP contribution is -2.92. The minimum Gasteiger partial charge on any atom is -0.493 e. The number of rotatable bonds is 6. The van der Waals surface area contributed by atoms with Crippen LogP contribution in [0, 0.1) is 5.92 Å². The average Bonchev–Trinajstić information content (AvgIpc) is 2.49. The van der Waals surface area contributed by atoms with Crippen LogP contribution < -0.4 is 14.8 Å². The van der Waals surface area contributed by atoms with E-state index in [1.807, 2.05) is 6.07 Å². The van der Waals surface area contributed by atoms with Gasteiger partial charge in [0.2, 0.25) is 0 Å². The van der Waals surface area contributed by atoms with E-state index in [0.717, 1.165) is 36.4 Å². The number of benzene rings is 1. The molecule has 0 aliphatic heterocycles. The van der Waals surface area contributed by atoms with Crippen molar-refractivity contribution in [2.24, 2.45) is 5.92 Å². The lowest BCUT2D eigenvalue weighted by Gasteiger charge is -2.26. The summed E-state index contributed by atoms with van der Waals surface area (Å²) >= 11 is 0. The monoisotopic (exact) mass is 278 g/mol. The van der Waals surface area contributed by atoms with Gasteiger partial charge in [0.05, 0.1) is 26.8 Å². The Morgan fingerprint density at radius 3 is 2.55 bits per heavy atom. The number of methoxy groups -OCH3 is 2. The van der Waals surface area contributed by atoms with Crippen LogP contribution >= 0.6 is 0 Å². The molecule has 1 fully saturated rings. The van der Waals surface area contributed by atoms with E-state index in [9.17, 15) is 0 Å². The van der Waals surface area contributed by atoms with Crippen molar-refractivity contribution in [3.63, 3.8) is 0 Å². The highest BCUT2D eigenvalue weighted by molar-refractivity contribution is 5.42. The molecule has 0 bridgehead atoms. The van der Waals surface area contributed by atoms with Crippen LogP contribution in [0.1, 0.15) is 38.2 Å². The Balaban J connectivity index is 1.84. The Hall–Kier alpha value is -1.22. The third-order valence-electron chi connectivity index (χ3n) is 4.53. The molecule has 0 heterocycles. The fourth-order valence-corrected chi connectivity index (χ4v) is 3.20. The summed E-state index contributed by atoms with van der Waals surface area (Å²) in [6.07, 6.45) is 6.69. The Morgan fingerprint density at radius 2 is 1.85 bits per heavy atom. The summed E-state index contributed by atoms with van der Waals surface area (Å²) in [6, 6.07) is 7.05. The van der Waals surface area contributed by atoms with Crippen molar-refractivity contribution >= 4 is 0 Å². The summed E-state index contributed by atoms with van der Waals surface area (Å²) in [5.74, 6) is 2.51. The Bertz CT molecular complexity index is 419. The van der Waals surface area contributed by atoms with Crippen molar-refractivity contribution in [2.45, 2.75) is 45.1 Å². The first-order valence-corrected chi connectivity index (χ1v) is 7.79.